The first kappa shape index (κ1) is 23.6. The molecule has 3 nitrogen and oxygen atoms in total. The zero-order valence-electron chi connectivity index (χ0n) is 23.1. The number of epoxide rings is 1. The fraction of sp³-hybridized carbons (Fsp3) is 0.903. The molecule has 0 N–H and O–H groups in total. The minimum atomic E-state index is -0.304. The molecule has 1 saturated heterocycles. The summed E-state index contributed by atoms with van der Waals surface area (Å²) in [6.07, 6.45) is 14.0. The molecule has 0 aromatic rings. The molecule has 0 bridgehead atoms. The first-order valence-electron chi connectivity index (χ1n) is 14.2. The third-order valence-corrected chi connectivity index (χ3v) is 13.3. The van der Waals surface area contributed by atoms with Gasteiger partial charge in [-0.1, -0.05) is 60.1 Å². The SMILES string of the molecule is COC(=O)[C@]12CCC(C)(C)C[C@H]1C1=CC[C@@H]3[C@@]4(C)C[C@H]5O[C@H]5C(C)(C)[C@@H]4CC[C@@]3(C)[C@]1(C)CC2. The van der Waals surface area contributed by atoms with E-state index in [2.05, 4.69) is 54.5 Å². The molecule has 6 rings (SSSR count). The molecule has 0 amide bonds. The van der Waals surface area contributed by atoms with Crippen molar-refractivity contribution in [3.05, 3.63) is 11.6 Å². The molecular formula is C31H48O3. The van der Waals surface area contributed by atoms with Gasteiger partial charge in [0.2, 0.25) is 0 Å². The van der Waals surface area contributed by atoms with Crippen molar-refractivity contribution in [1.82, 2.24) is 0 Å². The van der Waals surface area contributed by atoms with Gasteiger partial charge in [-0.3, -0.25) is 4.79 Å². The zero-order valence-corrected chi connectivity index (χ0v) is 23.1. The van der Waals surface area contributed by atoms with Gasteiger partial charge in [0.15, 0.2) is 0 Å². The number of carbonyl (C=O) groups excluding carboxylic acids is 1. The zero-order chi connectivity index (χ0) is 24.5. The maximum atomic E-state index is 13.4. The molecule has 9 atom stereocenters. The lowest BCUT2D eigenvalue weighted by Gasteiger charge is -2.70. The van der Waals surface area contributed by atoms with Crippen LogP contribution in [0.15, 0.2) is 11.6 Å². The lowest BCUT2D eigenvalue weighted by atomic mass is 9.33. The number of hydrogen-bond donors (Lipinski definition) is 0. The van der Waals surface area contributed by atoms with E-state index < -0.39 is 0 Å². The van der Waals surface area contributed by atoms with Crippen molar-refractivity contribution in [1.29, 1.82) is 0 Å². The van der Waals surface area contributed by atoms with Crippen molar-refractivity contribution >= 4 is 5.97 Å². The van der Waals surface area contributed by atoms with Gasteiger partial charge in [0.05, 0.1) is 24.7 Å². The standard InChI is InChI=1S/C31H48O3/c1-26(2)13-15-31(25(32)33-8)16-14-29(6)19(20(31)17-26)9-10-23-28(5)18-21-24(34-21)27(3,4)22(28)11-12-30(23,29)7/h9,20-24H,10-18H2,1-8H3/t20-,21+,22-,23+,24+,28-,29+,30+,31-/m0/s1. The molecule has 1 aliphatic heterocycles. The summed E-state index contributed by atoms with van der Waals surface area (Å²) in [5.74, 6) is 1.83. The van der Waals surface area contributed by atoms with E-state index in [1.807, 2.05) is 0 Å². The van der Waals surface area contributed by atoms with Crippen LogP contribution in [0.5, 0.6) is 0 Å². The summed E-state index contributed by atoms with van der Waals surface area (Å²) in [6.45, 7) is 17.7. The second-order valence-corrected chi connectivity index (χ2v) is 15.5. The smallest absolute Gasteiger partial charge is 0.312 e. The van der Waals surface area contributed by atoms with Gasteiger partial charge in [-0.2, -0.15) is 0 Å². The molecule has 0 spiro atoms. The normalized spacial score (nSPS) is 54.2. The minimum Gasteiger partial charge on any atom is -0.469 e. The highest BCUT2D eigenvalue weighted by atomic mass is 16.6. The quantitative estimate of drug-likeness (QED) is 0.230. The van der Waals surface area contributed by atoms with Gasteiger partial charge in [-0.15, -0.1) is 0 Å². The molecule has 5 fully saturated rings. The van der Waals surface area contributed by atoms with Gasteiger partial charge in [-0.25, -0.2) is 0 Å². The van der Waals surface area contributed by atoms with Gasteiger partial charge in [0.25, 0.3) is 0 Å². The molecule has 5 aliphatic carbocycles. The third-order valence-electron chi connectivity index (χ3n) is 13.3. The van der Waals surface area contributed by atoms with Crippen LogP contribution in [-0.2, 0) is 14.3 Å². The molecule has 1 heterocycles. The van der Waals surface area contributed by atoms with Crippen LogP contribution in [-0.4, -0.2) is 25.3 Å². The second kappa shape index (κ2) is 6.73. The van der Waals surface area contributed by atoms with E-state index in [4.69, 9.17) is 9.47 Å². The summed E-state index contributed by atoms with van der Waals surface area (Å²) in [4.78, 5) is 13.4. The Bertz CT molecular complexity index is 946. The molecule has 0 unspecified atom stereocenters. The fourth-order valence-electron chi connectivity index (χ4n) is 11.3. The topological polar surface area (TPSA) is 38.8 Å². The minimum absolute atomic E-state index is 0.0600. The van der Waals surface area contributed by atoms with E-state index in [1.165, 1.54) is 25.7 Å². The van der Waals surface area contributed by atoms with Gasteiger partial charge in [0.1, 0.15) is 0 Å². The van der Waals surface area contributed by atoms with Gasteiger partial charge in [0, 0.05) is 0 Å². The summed E-state index contributed by atoms with van der Waals surface area (Å²) in [7, 11) is 1.61. The summed E-state index contributed by atoms with van der Waals surface area (Å²) >= 11 is 0. The first-order chi connectivity index (χ1) is 15.8. The van der Waals surface area contributed by atoms with Crippen LogP contribution < -0.4 is 0 Å². The predicted octanol–water partition coefficient (Wildman–Crippen LogP) is 7.34. The van der Waals surface area contributed by atoms with Gasteiger partial charge >= 0.3 is 5.97 Å². The van der Waals surface area contributed by atoms with Crippen molar-refractivity contribution in [2.24, 2.45) is 50.2 Å². The number of rotatable bonds is 1. The van der Waals surface area contributed by atoms with Crippen molar-refractivity contribution in [2.45, 2.75) is 118 Å². The van der Waals surface area contributed by atoms with E-state index in [0.29, 0.717) is 29.5 Å². The maximum Gasteiger partial charge on any atom is 0.312 e. The van der Waals surface area contributed by atoms with E-state index >= 15 is 0 Å². The highest BCUT2D eigenvalue weighted by molar-refractivity contribution is 5.78. The van der Waals surface area contributed by atoms with Crippen LogP contribution in [0, 0.1) is 50.2 Å². The number of ether oxygens (including phenoxy) is 2. The Balaban J connectivity index is 1.44. The number of esters is 1. The molecule has 3 heteroatoms. The van der Waals surface area contributed by atoms with Crippen molar-refractivity contribution in [3.8, 4) is 0 Å². The Kier molecular flexibility index (Phi) is 4.66. The first-order valence-corrected chi connectivity index (χ1v) is 14.2. The summed E-state index contributed by atoms with van der Waals surface area (Å²) in [5.41, 5.74) is 2.69. The molecule has 0 radical (unpaired) electrons. The summed E-state index contributed by atoms with van der Waals surface area (Å²) < 4.78 is 11.8. The van der Waals surface area contributed by atoms with Crippen LogP contribution in [0.4, 0.5) is 0 Å². The number of methoxy groups -OCH3 is 1. The Hall–Kier alpha value is -0.830. The highest BCUT2D eigenvalue weighted by Crippen LogP contribution is 2.77. The molecule has 190 valence electrons. The molecule has 6 aliphatic rings. The predicted molar refractivity (Wildman–Crippen MR) is 135 cm³/mol. The van der Waals surface area contributed by atoms with Crippen molar-refractivity contribution in [2.75, 3.05) is 7.11 Å². The average molecular weight is 469 g/mol. The number of allylic oxidation sites excluding steroid dienone is 2. The second-order valence-electron chi connectivity index (χ2n) is 15.5. The Morgan fingerprint density at radius 2 is 1.65 bits per heavy atom. The van der Waals surface area contributed by atoms with E-state index in [-0.39, 0.29) is 33.0 Å². The van der Waals surface area contributed by atoms with Crippen LogP contribution in [0.2, 0.25) is 0 Å². The monoisotopic (exact) mass is 468 g/mol. The lowest BCUT2D eigenvalue weighted by molar-refractivity contribution is -0.185. The molecule has 0 aromatic heterocycles. The van der Waals surface area contributed by atoms with Crippen LogP contribution in [0.1, 0.15) is 106 Å². The highest BCUT2D eigenvalue weighted by Gasteiger charge is 2.72. The molecule has 4 saturated carbocycles. The molecule has 34 heavy (non-hydrogen) atoms. The number of hydrogen-bond acceptors (Lipinski definition) is 3. The van der Waals surface area contributed by atoms with Crippen LogP contribution in [0.3, 0.4) is 0 Å². The Labute approximate surface area is 207 Å². The third kappa shape index (κ3) is 2.67. The van der Waals surface area contributed by atoms with E-state index in [0.717, 1.165) is 38.0 Å². The summed E-state index contributed by atoms with van der Waals surface area (Å²) in [5, 5.41) is 0. The van der Waals surface area contributed by atoms with E-state index in [1.54, 1.807) is 12.7 Å². The van der Waals surface area contributed by atoms with Gasteiger partial charge < -0.3 is 9.47 Å². The molecule has 0 aromatic carbocycles. The fourth-order valence-corrected chi connectivity index (χ4v) is 11.3. The Morgan fingerprint density at radius 3 is 2.35 bits per heavy atom. The van der Waals surface area contributed by atoms with Crippen molar-refractivity contribution < 1.29 is 14.3 Å². The number of carbonyl (C=O) groups is 1. The van der Waals surface area contributed by atoms with Gasteiger partial charge in [-0.05, 0) is 103 Å². The molecular weight excluding hydrogens is 420 g/mol. The van der Waals surface area contributed by atoms with E-state index in [9.17, 15) is 4.79 Å². The average Bonchev–Trinajstić information content (AvgIpc) is 3.53. The largest absolute Gasteiger partial charge is 0.469 e. The lowest BCUT2D eigenvalue weighted by Crippen LogP contribution is -2.64. The van der Waals surface area contributed by atoms with Crippen molar-refractivity contribution in [3.63, 3.8) is 0 Å². The number of fused-ring (bicyclic) bond motifs is 8. The van der Waals surface area contributed by atoms with Crippen LogP contribution >= 0.6 is 0 Å². The van der Waals surface area contributed by atoms with Crippen LogP contribution in [0.25, 0.3) is 0 Å². The Morgan fingerprint density at radius 1 is 0.941 bits per heavy atom. The maximum absolute atomic E-state index is 13.4. The summed E-state index contributed by atoms with van der Waals surface area (Å²) in [6, 6.07) is 0.